The third-order valence-electron chi connectivity index (χ3n) is 6.24. The summed E-state index contributed by atoms with van der Waals surface area (Å²) >= 11 is 0. The fourth-order valence-electron chi connectivity index (χ4n) is 4.54. The summed E-state index contributed by atoms with van der Waals surface area (Å²) in [5.41, 5.74) is 5.04. The zero-order valence-corrected chi connectivity index (χ0v) is 17.3. The molecule has 1 aromatic carbocycles. The van der Waals surface area contributed by atoms with Gasteiger partial charge < -0.3 is 9.64 Å². The van der Waals surface area contributed by atoms with E-state index in [1.807, 2.05) is 45.9 Å². The van der Waals surface area contributed by atoms with E-state index >= 15 is 0 Å². The number of likely N-dealkylation sites (tertiary alicyclic amines) is 1. The van der Waals surface area contributed by atoms with Gasteiger partial charge in [-0.25, -0.2) is 9.50 Å². The summed E-state index contributed by atoms with van der Waals surface area (Å²) in [7, 11) is 0. The van der Waals surface area contributed by atoms with Gasteiger partial charge in [0.15, 0.2) is 5.65 Å². The number of aryl methyl sites for hydroxylation is 1. The first kappa shape index (κ1) is 19.2. The van der Waals surface area contributed by atoms with Crippen LogP contribution in [0.4, 0.5) is 0 Å². The van der Waals surface area contributed by atoms with Crippen LogP contribution in [0.5, 0.6) is 0 Å². The smallest absolute Gasteiger partial charge is 0.253 e. The molecule has 0 bridgehead atoms. The first-order chi connectivity index (χ1) is 14.7. The molecule has 2 aliphatic heterocycles. The van der Waals surface area contributed by atoms with E-state index in [-0.39, 0.29) is 11.8 Å². The number of nitrogens with zero attached hydrogens (tertiary/aromatic N) is 5. The van der Waals surface area contributed by atoms with Crippen molar-refractivity contribution < 1.29 is 9.53 Å². The monoisotopic (exact) mass is 405 g/mol. The van der Waals surface area contributed by atoms with E-state index in [1.165, 1.54) is 5.56 Å². The van der Waals surface area contributed by atoms with Crippen molar-refractivity contribution in [3.05, 3.63) is 65.1 Å². The van der Waals surface area contributed by atoms with E-state index in [4.69, 9.17) is 9.84 Å². The molecular formula is C23H27N5O2. The second kappa shape index (κ2) is 8.16. The molecule has 2 aliphatic rings. The van der Waals surface area contributed by atoms with Crippen molar-refractivity contribution in [3.63, 3.8) is 0 Å². The molecule has 30 heavy (non-hydrogen) atoms. The van der Waals surface area contributed by atoms with Crippen LogP contribution in [0.1, 0.15) is 39.6 Å². The predicted octanol–water partition coefficient (Wildman–Crippen LogP) is 2.50. The van der Waals surface area contributed by atoms with E-state index in [9.17, 15) is 4.79 Å². The molecule has 0 aliphatic carbocycles. The number of ether oxygens (including phenoxy) is 1. The second-order valence-electron chi connectivity index (χ2n) is 8.16. The minimum Gasteiger partial charge on any atom is -0.379 e. The van der Waals surface area contributed by atoms with Crippen molar-refractivity contribution in [1.82, 2.24) is 24.4 Å². The fraction of sp³-hybridized carbons (Fsp3) is 0.435. The lowest BCUT2D eigenvalue weighted by molar-refractivity contribution is 0.0342. The van der Waals surface area contributed by atoms with Gasteiger partial charge >= 0.3 is 0 Å². The summed E-state index contributed by atoms with van der Waals surface area (Å²) in [4.78, 5) is 21.9. The van der Waals surface area contributed by atoms with Gasteiger partial charge in [0.2, 0.25) is 0 Å². The third kappa shape index (κ3) is 3.59. The molecule has 3 aromatic rings. The topological polar surface area (TPSA) is 63.0 Å². The molecule has 156 valence electrons. The Morgan fingerprint density at radius 1 is 1.13 bits per heavy atom. The minimum atomic E-state index is 0.105. The molecule has 0 spiro atoms. The van der Waals surface area contributed by atoms with E-state index in [1.54, 1.807) is 0 Å². The number of amides is 1. The van der Waals surface area contributed by atoms with Gasteiger partial charge in [0.1, 0.15) is 0 Å². The SMILES string of the molecule is Cc1nn2c(C3CCN(C(=O)c4ccccc4)C3)ccnc2c1CN1CCOCC1. The summed E-state index contributed by atoms with van der Waals surface area (Å²) in [6.07, 6.45) is 2.83. The number of fused-ring (bicyclic) bond motifs is 1. The van der Waals surface area contributed by atoms with E-state index in [0.717, 1.165) is 68.4 Å². The maximum atomic E-state index is 12.8. The fourth-order valence-corrected chi connectivity index (χ4v) is 4.54. The van der Waals surface area contributed by atoms with Crippen LogP contribution in [0.25, 0.3) is 5.65 Å². The summed E-state index contributed by atoms with van der Waals surface area (Å²) in [6.45, 7) is 7.83. The quantitative estimate of drug-likeness (QED) is 0.667. The Balaban J connectivity index is 1.39. The molecule has 2 saturated heterocycles. The molecule has 2 aromatic heterocycles. The van der Waals surface area contributed by atoms with Crippen LogP contribution in [-0.4, -0.2) is 69.7 Å². The first-order valence-electron chi connectivity index (χ1n) is 10.7. The van der Waals surface area contributed by atoms with Crippen molar-refractivity contribution in [1.29, 1.82) is 0 Å². The van der Waals surface area contributed by atoms with E-state index in [2.05, 4.69) is 22.9 Å². The molecule has 7 nitrogen and oxygen atoms in total. The van der Waals surface area contributed by atoms with Gasteiger partial charge in [0.25, 0.3) is 5.91 Å². The zero-order chi connectivity index (χ0) is 20.5. The van der Waals surface area contributed by atoms with Gasteiger partial charge in [-0.1, -0.05) is 18.2 Å². The number of aromatic nitrogens is 3. The maximum absolute atomic E-state index is 12.8. The van der Waals surface area contributed by atoms with Crippen molar-refractivity contribution in [2.24, 2.45) is 0 Å². The minimum absolute atomic E-state index is 0.105. The lowest BCUT2D eigenvalue weighted by atomic mass is 10.0. The van der Waals surface area contributed by atoms with Gasteiger partial charge in [-0.15, -0.1) is 0 Å². The lowest BCUT2D eigenvalue weighted by Crippen LogP contribution is -2.35. The summed E-state index contributed by atoms with van der Waals surface area (Å²) < 4.78 is 7.48. The van der Waals surface area contributed by atoms with Gasteiger partial charge in [-0.05, 0) is 31.5 Å². The highest BCUT2D eigenvalue weighted by Crippen LogP contribution is 2.29. The number of benzene rings is 1. The van der Waals surface area contributed by atoms with Crippen LogP contribution < -0.4 is 0 Å². The molecule has 5 rings (SSSR count). The van der Waals surface area contributed by atoms with Gasteiger partial charge in [0, 0.05) is 56.0 Å². The van der Waals surface area contributed by atoms with Crippen LogP contribution in [0.2, 0.25) is 0 Å². The van der Waals surface area contributed by atoms with Crippen LogP contribution in [0.15, 0.2) is 42.6 Å². The van der Waals surface area contributed by atoms with Crippen LogP contribution in [-0.2, 0) is 11.3 Å². The van der Waals surface area contributed by atoms with Gasteiger partial charge in [-0.3, -0.25) is 9.69 Å². The number of hydrogen-bond acceptors (Lipinski definition) is 5. The van der Waals surface area contributed by atoms with Gasteiger partial charge in [0.05, 0.1) is 24.6 Å². The number of carbonyl (C=O) groups excluding carboxylic acids is 1. The van der Waals surface area contributed by atoms with Crippen molar-refractivity contribution in [2.75, 3.05) is 39.4 Å². The highest BCUT2D eigenvalue weighted by molar-refractivity contribution is 5.94. The van der Waals surface area contributed by atoms with Crippen LogP contribution in [0, 0.1) is 6.92 Å². The Labute approximate surface area is 176 Å². The maximum Gasteiger partial charge on any atom is 0.253 e. The van der Waals surface area contributed by atoms with E-state index in [0.29, 0.717) is 6.54 Å². The Bertz CT molecular complexity index is 1040. The highest BCUT2D eigenvalue weighted by Gasteiger charge is 2.30. The first-order valence-corrected chi connectivity index (χ1v) is 10.7. The summed E-state index contributed by atoms with van der Waals surface area (Å²) in [5, 5.41) is 4.84. The average molecular weight is 406 g/mol. The third-order valence-corrected chi connectivity index (χ3v) is 6.24. The number of carbonyl (C=O) groups is 1. The molecule has 1 atom stereocenters. The molecule has 1 unspecified atom stereocenters. The molecule has 0 radical (unpaired) electrons. The Morgan fingerprint density at radius 3 is 2.73 bits per heavy atom. The molecule has 2 fully saturated rings. The number of rotatable bonds is 4. The predicted molar refractivity (Wildman–Crippen MR) is 114 cm³/mol. The second-order valence-corrected chi connectivity index (χ2v) is 8.16. The van der Waals surface area contributed by atoms with E-state index < -0.39 is 0 Å². The average Bonchev–Trinajstić information content (AvgIpc) is 3.40. The molecule has 1 amide bonds. The molecular weight excluding hydrogens is 378 g/mol. The lowest BCUT2D eigenvalue weighted by Gasteiger charge is -2.26. The normalized spacial score (nSPS) is 20.2. The largest absolute Gasteiger partial charge is 0.379 e. The number of morpholine rings is 1. The summed E-state index contributed by atoms with van der Waals surface area (Å²) in [5.74, 6) is 0.367. The standard InChI is InChI=1S/C23H27N5O2/c1-17-20(16-26-11-13-30-14-12-26)22-24-9-7-21(28(22)25-17)19-8-10-27(15-19)23(29)18-5-3-2-4-6-18/h2-7,9,19H,8,10-16H2,1H3. The van der Waals surface area contributed by atoms with Crippen LogP contribution in [0.3, 0.4) is 0 Å². The molecule has 0 saturated carbocycles. The molecule has 4 heterocycles. The Morgan fingerprint density at radius 2 is 1.93 bits per heavy atom. The van der Waals surface area contributed by atoms with Crippen molar-refractivity contribution in [2.45, 2.75) is 25.8 Å². The Hall–Kier alpha value is -2.77. The van der Waals surface area contributed by atoms with Crippen LogP contribution >= 0.6 is 0 Å². The summed E-state index contributed by atoms with van der Waals surface area (Å²) in [6, 6.07) is 11.6. The highest BCUT2D eigenvalue weighted by atomic mass is 16.5. The molecule has 0 N–H and O–H groups in total. The van der Waals surface area contributed by atoms with Crippen molar-refractivity contribution >= 4 is 11.6 Å². The Kier molecular flexibility index (Phi) is 5.23. The molecule has 7 heteroatoms. The van der Waals surface area contributed by atoms with Crippen molar-refractivity contribution in [3.8, 4) is 0 Å². The van der Waals surface area contributed by atoms with Gasteiger partial charge in [-0.2, -0.15) is 5.10 Å². The number of hydrogen-bond donors (Lipinski definition) is 0. The zero-order valence-electron chi connectivity index (χ0n) is 17.3.